The number of hydrogen-bond donors (Lipinski definition) is 1. The summed E-state index contributed by atoms with van der Waals surface area (Å²) in [5.41, 5.74) is 1.17. The fourth-order valence-corrected chi connectivity index (χ4v) is 3.31. The van der Waals surface area contributed by atoms with Crippen molar-refractivity contribution >= 4 is 5.69 Å². The summed E-state index contributed by atoms with van der Waals surface area (Å²) in [5, 5.41) is 18.9. The van der Waals surface area contributed by atoms with Gasteiger partial charge in [-0.25, -0.2) is 4.39 Å². The van der Waals surface area contributed by atoms with Gasteiger partial charge in [-0.05, 0) is 37.0 Å². The molecule has 3 nitrogen and oxygen atoms in total. The Morgan fingerprint density at radius 2 is 2.17 bits per heavy atom. The van der Waals surface area contributed by atoms with Gasteiger partial charge in [0, 0.05) is 19.0 Å². The molecule has 2 fully saturated rings. The van der Waals surface area contributed by atoms with Crippen molar-refractivity contribution < 1.29 is 9.50 Å². The van der Waals surface area contributed by atoms with Crippen molar-refractivity contribution in [2.75, 3.05) is 18.0 Å². The Kier molecular flexibility index (Phi) is 2.71. The Labute approximate surface area is 105 Å². The van der Waals surface area contributed by atoms with Gasteiger partial charge in [0.15, 0.2) is 0 Å². The van der Waals surface area contributed by atoms with Gasteiger partial charge in [0.05, 0.1) is 17.4 Å². The van der Waals surface area contributed by atoms with Crippen LogP contribution in [0.15, 0.2) is 18.2 Å². The van der Waals surface area contributed by atoms with Crippen LogP contribution in [0.5, 0.6) is 0 Å². The minimum Gasteiger partial charge on any atom is -0.393 e. The van der Waals surface area contributed by atoms with Crippen LogP contribution in [0.1, 0.15) is 18.4 Å². The monoisotopic (exact) mass is 246 g/mol. The number of aliphatic hydroxyl groups excluding tert-OH is 1. The van der Waals surface area contributed by atoms with E-state index in [0.29, 0.717) is 17.4 Å². The molecule has 0 aromatic heterocycles. The standard InChI is InChI=1S/C14H15FN2O/c15-11-2-3-13(10(5-11)6-16)17-7-9-1-4-14(18)12(9)8-17/h2-3,5,9,12,14,18H,1,4,7-8H2. The maximum Gasteiger partial charge on any atom is 0.124 e. The predicted octanol–water partition coefficient (Wildman–Crippen LogP) is 1.90. The Hall–Kier alpha value is -1.60. The lowest BCUT2D eigenvalue weighted by molar-refractivity contribution is 0.133. The summed E-state index contributed by atoms with van der Waals surface area (Å²) in [6.45, 7) is 1.63. The molecular formula is C14H15FN2O. The second kappa shape index (κ2) is 4.25. The van der Waals surface area contributed by atoms with Gasteiger partial charge in [0.1, 0.15) is 11.9 Å². The van der Waals surface area contributed by atoms with E-state index in [9.17, 15) is 9.50 Å². The van der Waals surface area contributed by atoms with Crippen LogP contribution in [0.2, 0.25) is 0 Å². The van der Waals surface area contributed by atoms with Crippen molar-refractivity contribution in [1.29, 1.82) is 5.26 Å². The molecule has 18 heavy (non-hydrogen) atoms. The first-order chi connectivity index (χ1) is 8.69. The van der Waals surface area contributed by atoms with E-state index in [2.05, 4.69) is 4.90 Å². The Bertz CT molecular complexity index is 511. The zero-order valence-corrected chi connectivity index (χ0v) is 10.0. The molecule has 1 saturated heterocycles. The van der Waals surface area contributed by atoms with Crippen LogP contribution in [-0.4, -0.2) is 24.3 Å². The molecule has 4 heteroatoms. The number of halogens is 1. The molecular weight excluding hydrogens is 231 g/mol. The summed E-state index contributed by atoms with van der Waals surface area (Å²) in [6, 6.07) is 6.38. The maximum absolute atomic E-state index is 13.1. The quantitative estimate of drug-likeness (QED) is 0.823. The number of benzene rings is 1. The average molecular weight is 246 g/mol. The summed E-state index contributed by atoms with van der Waals surface area (Å²) in [4.78, 5) is 2.11. The van der Waals surface area contributed by atoms with Crippen molar-refractivity contribution in [2.45, 2.75) is 18.9 Å². The number of fused-ring (bicyclic) bond motifs is 1. The lowest BCUT2D eigenvalue weighted by Gasteiger charge is -2.21. The van der Waals surface area contributed by atoms with Gasteiger partial charge in [0.25, 0.3) is 0 Å². The first-order valence-corrected chi connectivity index (χ1v) is 6.31. The van der Waals surface area contributed by atoms with Gasteiger partial charge < -0.3 is 10.0 Å². The van der Waals surface area contributed by atoms with E-state index in [1.165, 1.54) is 12.1 Å². The fraction of sp³-hybridized carbons (Fsp3) is 0.500. The molecule has 1 aliphatic carbocycles. The van der Waals surface area contributed by atoms with E-state index in [1.807, 2.05) is 6.07 Å². The van der Waals surface area contributed by atoms with E-state index in [-0.39, 0.29) is 11.9 Å². The zero-order chi connectivity index (χ0) is 12.7. The van der Waals surface area contributed by atoms with E-state index in [0.717, 1.165) is 31.6 Å². The fourth-order valence-electron chi connectivity index (χ4n) is 3.31. The number of hydrogen-bond acceptors (Lipinski definition) is 3. The summed E-state index contributed by atoms with van der Waals surface area (Å²) in [5.74, 6) is 0.438. The van der Waals surface area contributed by atoms with E-state index in [4.69, 9.17) is 5.26 Å². The smallest absolute Gasteiger partial charge is 0.124 e. The molecule has 0 spiro atoms. The SMILES string of the molecule is N#Cc1cc(F)ccc1N1CC2CCC(O)C2C1. The second-order valence-corrected chi connectivity index (χ2v) is 5.25. The van der Waals surface area contributed by atoms with Crippen molar-refractivity contribution in [2.24, 2.45) is 11.8 Å². The predicted molar refractivity (Wildman–Crippen MR) is 65.5 cm³/mol. The number of nitriles is 1. The minimum atomic E-state index is -0.380. The number of aliphatic hydroxyl groups is 1. The van der Waals surface area contributed by atoms with E-state index >= 15 is 0 Å². The summed E-state index contributed by atoms with van der Waals surface area (Å²) >= 11 is 0. The van der Waals surface area contributed by atoms with Crippen molar-refractivity contribution in [1.82, 2.24) is 0 Å². The van der Waals surface area contributed by atoms with Crippen LogP contribution in [0.3, 0.4) is 0 Å². The number of rotatable bonds is 1. The van der Waals surface area contributed by atoms with Gasteiger partial charge >= 0.3 is 0 Å². The topological polar surface area (TPSA) is 47.3 Å². The third-order valence-electron chi connectivity index (χ3n) is 4.24. The molecule has 1 aliphatic heterocycles. The van der Waals surface area contributed by atoms with Crippen LogP contribution >= 0.6 is 0 Å². The molecule has 3 rings (SSSR count). The first-order valence-electron chi connectivity index (χ1n) is 6.31. The molecule has 1 N–H and O–H groups in total. The Balaban J connectivity index is 1.87. The molecule has 0 bridgehead atoms. The molecule has 1 heterocycles. The number of nitrogens with zero attached hydrogens (tertiary/aromatic N) is 2. The van der Waals surface area contributed by atoms with Gasteiger partial charge in [-0.1, -0.05) is 0 Å². The highest BCUT2D eigenvalue weighted by atomic mass is 19.1. The Morgan fingerprint density at radius 3 is 2.89 bits per heavy atom. The van der Waals surface area contributed by atoms with E-state index < -0.39 is 0 Å². The van der Waals surface area contributed by atoms with Gasteiger partial charge in [-0.15, -0.1) is 0 Å². The zero-order valence-electron chi connectivity index (χ0n) is 10.0. The summed E-state index contributed by atoms with van der Waals surface area (Å²) < 4.78 is 13.1. The first kappa shape index (κ1) is 11.5. The molecule has 1 aromatic carbocycles. The molecule has 2 aliphatic rings. The highest BCUT2D eigenvalue weighted by Gasteiger charge is 2.42. The molecule has 0 radical (unpaired) electrons. The van der Waals surface area contributed by atoms with Crippen molar-refractivity contribution in [3.05, 3.63) is 29.6 Å². The highest BCUT2D eigenvalue weighted by molar-refractivity contribution is 5.60. The second-order valence-electron chi connectivity index (χ2n) is 5.25. The van der Waals surface area contributed by atoms with Crippen molar-refractivity contribution in [3.8, 4) is 6.07 Å². The van der Waals surface area contributed by atoms with Crippen LogP contribution < -0.4 is 4.90 Å². The van der Waals surface area contributed by atoms with Gasteiger partial charge in [-0.3, -0.25) is 0 Å². The van der Waals surface area contributed by atoms with Crippen LogP contribution in [0.25, 0.3) is 0 Å². The molecule has 94 valence electrons. The lowest BCUT2D eigenvalue weighted by Crippen LogP contribution is -2.25. The maximum atomic E-state index is 13.1. The van der Waals surface area contributed by atoms with Crippen LogP contribution in [0.4, 0.5) is 10.1 Å². The van der Waals surface area contributed by atoms with Gasteiger partial charge in [0.2, 0.25) is 0 Å². The highest BCUT2D eigenvalue weighted by Crippen LogP contribution is 2.40. The normalized spacial score (nSPS) is 30.3. The molecule has 1 saturated carbocycles. The largest absolute Gasteiger partial charge is 0.393 e. The van der Waals surface area contributed by atoms with Crippen molar-refractivity contribution in [3.63, 3.8) is 0 Å². The lowest BCUT2D eigenvalue weighted by atomic mass is 10.00. The Morgan fingerprint density at radius 1 is 1.33 bits per heavy atom. The third kappa shape index (κ3) is 1.75. The summed E-state index contributed by atoms with van der Waals surface area (Å²) in [6.07, 6.45) is 1.72. The van der Waals surface area contributed by atoms with Crippen LogP contribution in [-0.2, 0) is 0 Å². The summed E-state index contributed by atoms with van der Waals surface area (Å²) in [7, 11) is 0. The number of anilines is 1. The molecule has 3 atom stereocenters. The molecule has 0 amide bonds. The van der Waals surface area contributed by atoms with Crippen LogP contribution in [0, 0.1) is 29.0 Å². The molecule has 3 unspecified atom stereocenters. The average Bonchev–Trinajstić information content (AvgIpc) is 2.92. The van der Waals surface area contributed by atoms with Gasteiger partial charge in [-0.2, -0.15) is 5.26 Å². The van der Waals surface area contributed by atoms with E-state index in [1.54, 1.807) is 6.07 Å². The minimum absolute atomic E-state index is 0.217. The molecule has 1 aromatic rings. The third-order valence-corrected chi connectivity index (χ3v) is 4.24.